The monoisotopic (exact) mass is 482 g/mol. The average Bonchev–Trinajstić information content (AvgIpc) is 2.48. The van der Waals surface area contributed by atoms with Crippen molar-refractivity contribution < 1.29 is 8.42 Å². The van der Waals surface area contributed by atoms with E-state index in [0.717, 1.165) is 37.6 Å². The maximum Gasteiger partial charge on any atom is 0.191 e. The summed E-state index contributed by atoms with van der Waals surface area (Å²) in [6.45, 7) is 8.78. The fourth-order valence-electron chi connectivity index (χ4n) is 2.07. The van der Waals surface area contributed by atoms with E-state index >= 15 is 0 Å². The SMILES string of the molecule is CN=C(NCCNC(C)(C)C)NCCc1ccc(S(C)(=O)=O)cc1.I. The Kier molecular flexibility index (Phi) is 10.6. The molecular formula is C17H31IN4O2S. The highest BCUT2D eigenvalue weighted by Gasteiger charge is 2.08. The molecule has 0 aliphatic carbocycles. The molecule has 0 aromatic heterocycles. The van der Waals surface area contributed by atoms with Gasteiger partial charge in [-0.05, 0) is 44.9 Å². The highest BCUT2D eigenvalue weighted by atomic mass is 127. The molecule has 0 radical (unpaired) electrons. The lowest BCUT2D eigenvalue weighted by Gasteiger charge is -2.21. The van der Waals surface area contributed by atoms with Crippen LogP contribution < -0.4 is 16.0 Å². The van der Waals surface area contributed by atoms with Crippen LogP contribution in [0, 0.1) is 0 Å². The second kappa shape index (κ2) is 11.0. The maximum absolute atomic E-state index is 11.4. The maximum atomic E-state index is 11.4. The van der Waals surface area contributed by atoms with Crippen LogP contribution in [0.1, 0.15) is 26.3 Å². The molecule has 1 aromatic carbocycles. The molecule has 0 aliphatic rings. The van der Waals surface area contributed by atoms with Crippen molar-refractivity contribution in [3.63, 3.8) is 0 Å². The molecule has 0 fully saturated rings. The Morgan fingerprint density at radius 2 is 1.60 bits per heavy atom. The summed E-state index contributed by atoms with van der Waals surface area (Å²) in [4.78, 5) is 4.54. The Morgan fingerprint density at radius 3 is 2.08 bits per heavy atom. The van der Waals surface area contributed by atoms with Crippen molar-refractivity contribution >= 4 is 39.8 Å². The van der Waals surface area contributed by atoms with Gasteiger partial charge in [-0.25, -0.2) is 8.42 Å². The van der Waals surface area contributed by atoms with Crippen LogP contribution >= 0.6 is 24.0 Å². The first-order valence-corrected chi connectivity index (χ1v) is 9.99. The third-order valence-corrected chi connectivity index (χ3v) is 4.48. The zero-order chi connectivity index (χ0) is 18.2. The predicted octanol–water partition coefficient (Wildman–Crippen LogP) is 1.80. The number of hydrogen-bond donors (Lipinski definition) is 3. The molecular weight excluding hydrogens is 451 g/mol. The van der Waals surface area contributed by atoms with Gasteiger partial charge < -0.3 is 16.0 Å². The normalized spacial score (nSPS) is 12.4. The summed E-state index contributed by atoms with van der Waals surface area (Å²) >= 11 is 0. The van der Waals surface area contributed by atoms with Crippen molar-refractivity contribution in [2.24, 2.45) is 4.99 Å². The molecule has 3 N–H and O–H groups in total. The Morgan fingerprint density at radius 1 is 1.04 bits per heavy atom. The smallest absolute Gasteiger partial charge is 0.191 e. The van der Waals surface area contributed by atoms with Gasteiger partial charge in [0.05, 0.1) is 4.90 Å². The predicted molar refractivity (Wildman–Crippen MR) is 116 cm³/mol. The summed E-state index contributed by atoms with van der Waals surface area (Å²) in [6.07, 6.45) is 2.01. The van der Waals surface area contributed by atoms with E-state index in [0.29, 0.717) is 4.90 Å². The van der Waals surface area contributed by atoms with Crippen LogP contribution in [0.3, 0.4) is 0 Å². The van der Waals surface area contributed by atoms with E-state index in [2.05, 4.69) is 41.7 Å². The van der Waals surface area contributed by atoms with Crippen molar-refractivity contribution in [3.05, 3.63) is 29.8 Å². The van der Waals surface area contributed by atoms with E-state index in [1.807, 2.05) is 12.1 Å². The number of benzene rings is 1. The second-order valence-electron chi connectivity index (χ2n) is 6.77. The highest BCUT2D eigenvalue weighted by Crippen LogP contribution is 2.10. The Labute approximate surface area is 169 Å². The van der Waals surface area contributed by atoms with Crippen LogP contribution in [0.25, 0.3) is 0 Å². The van der Waals surface area contributed by atoms with Crippen LogP contribution in [0.5, 0.6) is 0 Å². The molecule has 0 bridgehead atoms. The fourth-order valence-corrected chi connectivity index (χ4v) is 2.70. The van der Waals surface area contributed by atoms with E-state index in [-0.39, 0.29) is 29.5 Å². The number of guanidine groups is 1. The first kappa shape index (κ1) is 24.1. The minimum Gasteiger partial charge on any atom is -0.356 e. The molecule has 1 aromatic rings. The Balaban J connectivity index is 0.00000576. The molecule has 0 saturated heterocycles. The van der Waals surface area contributed by atoms with Gasteiger partial charge in [0.25, 0.3) is 0 Å². The number of sulfone groups is 1. The summed E-state index contributed by atoms with van der Waals surface area (Å²) in [6, 6.07) is 6.99. The molecule has 8 heteroatoms. The Hall–Kier alpha value is -0.870. The quantitative estimate of drug-likeness (QED) is 0.239. The third-order valence-electron chi connectivity index (χ3n) is 3.35. The molecule has 0 spiro atoms. The lowest BCUT2D eigenvalue weighted by molar-refractivity contribution is 0.428. The van der Waals surface area contributed by atoms with Crippen molar-refractivity contribution in [1.29, 1.82) is 0 Å². The minimum absolute atomic E-state index is 0. The van der Waals surface area contributed by atoms with Crippen molar-refractivity contribution in [2.75, 3.05) is 32.9 Å². The molecule has 0 aliphatic heterocycles. The summed E-state index contributed by atoms with van der Waals surface area (Å²) in [7, 11) is -1.39. The van der Waals surface area contributed by atoms with Gasteiger partial charge in [-0.1, -0.05) is 12.1 Å². The van der Waals surface area contributed by atoms with Gasteiger partial charge >= 0.3 is 0 Å². The zero-order valence-electron chi connectivity index (χ0n) is 15.7. The van der Waals surface area contributed by atoms with Gasteiger partial charge in [0.15, 0.2) is 15.8 Å². The topological polar surface area (TPSA) is 82.6 Å². The van der Waals surface area contributed by atoms with E-state index in [1.165, 1.54) is 6.26 Å². The molecule has 144 valence electrons. The van der Waals surface area contributed by atoms with Gasteiger partial charge in [-0.15, -0.1) is 24.0 Å². The lowest BCUT2D eigenvalue weighted by Crippen LogP contribution is -2.44. The van der Waals surface area contributed by atoms with Crippen LogP contribution in [0.4, 0.5) is 0 Å². The standard InChI is InChI=1S/C17H30N4O2S.HI/c1-17(2,3)21-13-12-20-16(18-4)19-11-10-14-6-8-15(9-7-14)24(5,22)23;/h6-9,21H,10-13H2,1-5H3,(H2,18,19,20);1H. The fraction of sp³-hybridized carbons (Fsp3) is 0.588. The van der Waals surface area contributed by atoms with Gasteiger partial charge in [0, 0.05) is 38.5 Å². The lowest BCUT2D eigenvalue weighted by atomic mass is 10.1. The molecule has 0 amide bonds. The number of hydrogen-bond acceptors (Lipinski definition) is 4. The van der Waals surface area contributed by atoms with Crippen LogP contribution in [-0.4, -0.2) is 52.9 Å². The molecule has 0 unspecified atom stereocenters. The summed E-state index contributed by atoms with van der Waals surface area (Å²) < 4.78 is 22.9. The molecule has 25 heavy (non-hydrogen) atoms. The molecule has 0 atom stereocenters. The van der Waals surface area contributed by atoms with Crippen LogP contribution in [0.15, 0.2) is 34.2 Å². The largest absolute Gasteiger partial charge is 0.356 e. The molecule has 6 nitrogen and oxygen atoms in total. The number of nitrogens with one attached hydrogen (secondary N) is 3. The Bertz CT molecular complexity index is 638. The second-order valence-corrected chi connectivity index (χ2v) is 8.78. The van der Waals surface area contributed by atoms with Crippen molar-refractivity contribution in [2.45, 2.75) is 37.6 Å². The van der Waals surface area contributed by atoms with E-state index in [1.54, 1.807) is 19.2 Å². The van der Waals surface area contributed by atoms with E-state index in [4.69, 9.17) is 0 Å². The molecule has 0 heterocycles. The van der Waals surface area contributed by atoms with Crippen LogP contribution in [0.2, 0.25) is 0 Å². The summed E-state index contributed by atoms with van der Waals surface area (Å²) in [5.74, 6) is 0.762. The van der Waals surface area contributed by atoms with Gasteiger partial charge in [-0.3, -0.25) is 4.99 Å². The highest BCUT2D eigenvalue weighted by molar-refractivity contribution is 14.0. The van der Waals surface area contributed by atoms with E-state index in [9.17, 15) is 8.42 Å². The van der Waals surface area contributed by atoms with Crippen molar-refractivity contribution in [1.82, 2.24) is 16.0 Å². The number of halogens is 1. The number of aliphatic imine (C=N–C) groups is 1. The first-order valence-electron chi connectivity index (χ1n) is 8.10. The average molecular weight is 482 g/mol. The van der Waals surface area contributed by atoms with Crippen LogP contribution in [-0.2, 0) is 16.3 Å². The minimum atomic E-state index is -3.13. The van der Waals surface area contributed by atoms with Gasteiger partial charge in [0.2, 0.25) is 0 Å². The number of nitrogens with zero attached hydrogens (tertiary/aromatic N) is 1. The van der Waals surface area contributed by atoms with Gasteiger partial charge in [-0.2, -0.15) is 0 Å². The van der Waals surface area contributed by atoms with E-state index < -0.39 is 9.84 Å². The number of rotatable bonds is 7. The first-order chi connectivity index (χ1) is 11.1. The summed E-state index contributed by atoms with van der Waals surface area (Å²) in [5.41, 5.74) is 1.19. The zero-order valence-corrected chi connectivity index (χ0v) is 18.9. The van der Waals surface area contributed by atoms with Crippen molar-refractivity contribution in [3.8, 4) is 0 Å². The molecule has 1 rings (SSSR count). The van der Waals surface area contributed by atoms with Gasteiger partial charge in [0.1, 0.15) is 0 Å². The summed E-state index contributed by atoms with van der Waals surface area (Å²) in [5, 5.41) is 9.91. The molecule has 0 saturated carbocycles. The third kappa shape index (κ3) is 10.7.